The topological polar surface area (TPSA) is 117 Å². The van der Waals surface area contributed by atoms with Crippen LogP contribution in [0, 0.1) is 0 Å². The van der Waals surface area contributed by atoms with Crippen LogP contribution in [0.25, 0.3) is 11.3 Å². The number of pyridine rings is 2. The van der Waals surface area contributed by atoms with Crippen LogP contribution in [0.15, 0.2) is 42.3 Å². The van der Waals surface area contributed by atoms with E-state index in [-0.39, 0.29) is 5.54 Å². The molecule has 1 aliphatic carbocycles. The van der Waals surface area contributed by atoms with Crippen molar-refractivity contribution in [2.24, 2.45) is 5.73 Å². The number of ether oxygens (including phenoxy) is 1. The lowest BCUT2D eigenvalue weighted by Crippen LogP contribution is -2.50. The Morgan fingerprint density at radius 1 is 1.20 bits per heavy atom. The van der Waals surface area contributed by atoms with Crippen molar-refractivity contribution in [3.63, 3.8) is 0 Å². The third-order valence-corrected chi connectivity index (χ3v) is 7.28. The van der Waals surface area contributed by atoms with Gasteiger partial charge < -0.3 is 31.5 Å². The van der Waals surface area contributed by atoms with Crippen LogP contribution >= 0.6 is 11.6 Å². The van der Waals surface area contributed by atoms with Gasteiger partial charge in [0.05, 0.1) is 17.3 Å². The van der Waals surface area contributed by atoms with Gasteiger partial charge in [-0.2, -0.15) is 0 Å². The second-order valence-electron chi connectivity index (χ2n) is 9.64. The lowest BCUT2D eigenvalue weighted by Gasteiger charge is -2.33. The number of halogens is 1. The molecule has 0 aromatic carbocycles. The number of aliphatic hydroxyl groups excluding tert-OH is 1. The van der Waals surface area contributed by atoms with Gasteiger partial charge in [-0.15, -0.1) is 0 Å². The maximum atomic E-state index is 9.64. The van der Waals surface area contributed by atoms with Gasteiger partial charge in [0.2, 0.25) is 0 Å². The average molecular weight is 501 g/mol. The van der Waals surface area contributed by atoms with E-state index in [9.17, 15) is 5.11 Å². The molecule has 9 heteroatoms. The van der Waals surface area contributed by atoms with Crippen molar-refractivity contribution >= 4 is 23.2 Å². The van der Waals surface area contributed by atoms with Crippen molar-refractivity contribution in [2.45, 2.75) is 63.1 Å². The molecule has 0 radical (unpaired) electrons. The quantitative estimate of drug-likeness (QED) is 0.320. The van der Waals surface area contributed by atoms with Gasteiger partial charge in [-0.05, 0) is 69.7 Å². The normalized spacial score (nSPS) is 22.5. The van der Waals surface area contributed by atoms with E-state index < -0.39 is 0 Å². The summed E-state index contributed by atoms with van der Waals surface area (Å²) in [5.74, 6) is 1.97. The molecule has 3 heterocycles. The molecule has 190 valence electrons. The lowest BCUT2D eigenvalue weighted by molar-refractivity contribution is 0.0574. The molecule has 2 aromatic heterocycles. The van der Waals surface area contributed by atoms with Crippen LogP contribution in [0.5, 0.6) is 0 Å². The molecule has 1 saturated carbocycles. The zero-order valence-electron chi connectivity index (χ0n) is 20.4. The average Bonchev–Trinajstić information content (AvgIpc) is 2.88. The van der Waals surface area contributed by atoms with Gasteiger partial charge in [0.1, 0.15) is 17.4 Å². The fraction of sp³-hybridized carbons (Fsp3) is 0.538. The molecule has 2 aromatic rings. The molecule has 1 aliphatic heterocycles. The fourth-order valence-corrected chi connectivity index (χ4v) is 4.82. The van der Waals surface area contributed by atoms with Crippen molar-refractivity contribution in [1.29, 1.82) is 0 Å². The molecular weight excluding hydrogens is 464 g/mol. The molecule has 6 N–H and O–H groups in total. The van der Waals surface area contributed by atoms with Crippen molar-refractivity contribution in [3.05, 3.63) is 47.3 Å². The van der Waals surface area contributed by atoms with E-state index in [0.29, 0.717) is 49.2 Å². The van der Waals surface area contributed by atoms with Crippen molar-refractivity contribution < 1.29 is 9.84 Å². The first-order valence-electron chi connectivity index (χ1n) is 12.5. The number of hydrogen-bond donors (Lipinski definition) is 5. The van der Waals surface area contributed by atoms with Gasteiger partial charge in [-0.1, -0.05) is 17.7 Å². The van der Waals surface area contributed by atoms with E-state index in [0.717, 1.165) is 61.4 Å². The predicted octanol–water partition coefficient (Wildman–Crippen LogP) is 4.49. The third-order valence-electron chi connectivity index (χ3n) is 6.97. The van der Waals surface area contributed by atoms with Crippen molar-refractivity contribution in [3.8, 4) is 11.3 Å². The first-order chi connectivity index (χ1) is 16.9. The summed E-state index contributed by atoms with van der Waals surface area (Å²) in [6.07, 6.45) is 9.27. The zero-order valence-corrected chi connectivity index (χ0v) is 21.2. The number of nitrogens with one attached hydrogen (secondary N) is 3. The Labute approximate surface area is 212 Å². The van der Waals surface area contributed by atoms with Gasteiger partial charge in [0.25, 0.3) is 0 Å². The van der Waals surface area contributed by atoms with Crippen LogP contribution in [-0.4, -0.2) is 59.0 Å². The molecule has 35 heavy (non-hydrogen) atoms. The van der Waals surface area contributed by atoms with Crippen LogP contribution < -0.4 is 21.7 Å². The number of allylic oxidation sites excluding steroid dienone is 1. The Balaban J connectivity index is 1.36. The molecule has 4 rings (SSSR count). The number of nitrogens with two attached hydrogens (primary N) is 1. The summed E-state index contributed by atoms with van der Waals surface area (Å²) in [4.78, 5) is 9.29. The van der Waals surface area contributed by atoms with Gasteiger partial charge >= 0.3 is 0 Å². The molecule has 2 fully saturated rings. The van der Waals surface area contributed by atoms with Gasteiger partial charge in [-0.25, -0.2) is 9.97 Å². The Morgan fingerprint density at radius 2 is 1.94 bits per heavy atom. The summed E-state index contributed by atoms with van der Waals surface area (Å²) in [6, 6.07) is 8.64. The SMILES string of the molecule is C/C=C(\O)CN[C@H]1CC[C@H](Nc2cc(-c3cccc(NCC4(N)CCOCC4)n3)c(Cl)cn2)CC1. The highest BCUT2D eigenvalue weighted by molar-refractivity contribution is 6.33. The van der Waals surface area contributed by atoms with E-state index in [2.05, 4.69) is 20.9 Å². The number of hydrogen-bond acceptors (Lipinski definition) is 8. The smallest absolute Gasteiger partial charge is 0.126 e. The number of aromatic nitrogens is 2. The van der Waals surface area contributed by atoms with Gasteiger partial charge in [0, 0.05) is 49.1 Å². The molecular formula is C26H37ClN6O2. The van der Waals surface area contributed by atoms with Crippen LogP contribution in [0.3, 0.4) is 0 Å². The highest BCUT2D eigenvalue weighted by Crippen LogP contribution is 2.30. The van der Waals surface area contributed by atoms with Crippen LogP contribution in [0.2, 0.25) is 5.02 Å². The van der Waals surface area contributed by atoms with E-state index in [1.807, 2.05) is 31.2 Å². The highest BCUT2D eigenvalue weighted by atomic mass is 35.5. The van der Waals surface area contributed by atoms with Gasteiger partial charge in [-0.3, -0.25) is 0 Å². The maximum Gasteiger partial charge on any atom is 0.126 e. The summed E-state index contributed by atoms with van der Waals surface area (Å²) in [7, 11) is 0. The van der Waals surface area contributed by atoms with E-state index in [4.69, 9.17) is 27.1 Å². The number of aliphatic hydroxyl groups is 1. The Bertz CT molecular complexity index is 1000. The standard InChI is InChI=1S/C26H37ClN6O2/c1-2-20(34)15-29-18-6-8-19(9-7-18)32-25-14-21(22(27)16-30-25)23-4-3-5-24(33-23)31-17-26(28)10-12-35-13-11-26/h2-5,14,16,18-19,29,34H,6-13,15,17,28H2,1H3,(H,30,32)(H,31,33)/b20-2-/t18-,19-. The summed E-state index contributed by atoms with van der Waals surface area (Å²) in [5, 5.41) is 20.6. The van der Waals surface area contributed by atoms with E-state index in [1.54, 1.807) is 12.3 Å². The fourth-order valence-electron chi connectivity index (χ4n) is 4.62. The number of rotatable bonds is 9. The molecule has 0 spiro atoms. The second-order valence-corrected chi connectivity index (χ2v) is 10.0. The maximum absolute atomic E-state index is 9.64. The molecule has 0 bridgehead atoms. The van der Waals surface area contributed by atoms with Crippen molar-refractivity contribution in [2.75, 3.05) is 36.9 Å². The monoisotopic (exact) mass is 500 g/mol. The molecule has 0 amide bonds. The van der Waals surface area contributed by atoms with Gasteiger partial charge in [0.15, 0.2) is 0 Å². The van der Waals surface area contributed by atoms with E-state index >= 15 is 0 Å². The number of nitrogens with zero attached hydrogens (tertiary/aromatic N) is 2. The first kappa shape index (κ1) is 25.7. The van der Waals surface area contributed by atoms with Crippen molar-refractivity contribution in [1.82, 2.24) is 15.3 Å². The summed E-state index contributed by atoms with van der Waals surface area (Å²) in [5.41, 5.74) is 7.87. The minimum absolute atomic E-state index is 0.275. The van der Waals surface area contributed by atoms with E-state index in [1.165, 1.54) is 0 Å². The Hall–Kier alpha value is -2.39. The summed E-state index contributed by atoms with van der Waals surface area (Å²) < 4.78 is 5.44. The number of anilines is 2. The van der Waals surface area contributed by atoms with Crippen LogP contribution in [0.1, 0.15) is 45.4 Å². The zero-order chi connectivity index (χ0) is 24.7. The first-order valence-corrected chi connectivity index (χ1v) is 12.9. The minimum Gasteiger partial charge on any atom is -0.511 e. The predicted molar refractivity (Wildman–Crippen MR) is 142 cm³/mol. The Morgan fingerprint density at radius 3 is 2.69 bits per heavy atom. The molecule has 8 nitrogen and oxygen atoms in total. The third kappa shape index (κ3) is 7.30. The molecule has 2 aliphatic rings. The molecule has 1 saturated heterocycles. The van der Waals surface area contributed by atoms with Crippen LogP contribution in [-0.2, 0) is 4.74 Å². The van der Waals surface area contributed by atoms with Crippen LogP contribution in [0.4, 0.5) is 11.6 Å². The summed E-state index contributed by atoms with van der Waals surface area (Å²) in [6.45, 7) is 4.42. The lowest BCUT2D eigenvalue weighted by atomic mass is 9.91. The minimum atomic E-state index is -0.275. The highest BCUT2D eigenvalue weighted by Gasteiger charge is 2.28. The molecule has 0 unspecified atom stereocenters. The largest absolute Gasteiger partial charge is 0.511 e. The Kier molecular flexibility index (Phi) is 8.83. The summed E-state index contributed by atoms with van der Waals surface area (Å²) >= 11 is 6.52. The molecule has 0 atom stereocenters. The second kappa shape index (κ2) is 12.0.